The van der Waals surface area contributed by atoms with Crippen LogP contribution in [0.5, 0.6) is 23.0 Å². The molecule has 2 aromatic rings. The smallest absolute Gasteiger partial charge is 0.138 e. The first-order valence-corrected chi connectivity index (χ1v) is 8.53. The SMILES string of the molecule is COc1cc2c(cc1CC=C(C)C)[C@H]1Oc3cc(O)ccc3[C@H]1CO2. The molecule has 4 rings (SSSR count). The number of phenolic OH excluding ortho intramolecular Hbond substituents is 1. The van der Waals surface area contributed by atoms with Gasteiger partial charge in [-0.25, -0.2) is 0 Å². The Morgan fingerprint density at radius 1 is 1.20 bits per heavy atom. The highest BCUT2D eigenvalue weighted by molar-refractivity contribution is 5.54. The zero-order valence-electron chi connectivity index (χ0n) is 14.7. The first-order chi connectivity index (χ1) is 12.1. The topological polar surface area (TPSA) is 47.9 Å². The Morgan fingerprint density at radius 2 is 2.04 bits per heavy atom. The third-order valence-corrected chi connectivity index (χ3v) is 4.88. The van der Waals surface area contributed by atoms with Gasteiger partial charge in [0.05, 0.1) is 19.6 Å². The van der Waals surface area contributed by atoms with Gasteiger partial charge in [-0.1, -0.05) is 17.7 Å². The van der Waals surface area contributed by atoms with Crippen LogP contribution in [0.3, 0.4) is 0 Å². The molecule has 0 aromatic heterocycles. The van der Waals surface area contributed by atoms with Crippen molar-refractivity contribution in [1.29, 1.82) is 0 Å². The average molecular weight is 338 g/mol. The fourth-order valence-electron chi connectivity index (χ4n) is 3.59. The second kappa shape index (κ2) is 6.03. The number of hydrogen-bond donors (Lipinski definition) is 1. The molecule has 0 spiro atoms. The Kier molecular flexibility index (Phi) is 3.83. The molecule has 0 aliphatic carbocycles. The summed E-state index contributed by atoms with van der Waals surface area (Å²) in [6, 6.07) is 9.41. The van der Waals surface area contributed by atoms with Gasteiger partial charge in [0.1, 0.15) is 29.1 Å². The predicted octanol–water partition coefficient (Wildman–Crippen LogP) is 4.52. The van der Waals surface area contributed by atoms with Gasteiger partial charge in [0.15, 0.2) is 0 Å². The van der Waals surface area contributed by atoms with Crippen molar-refractivity contribution in [2.24, 2.45) is 0 Å². The molecule has 25 heavy (non-hydrogen) atoms. The van der Waals surface area contributed by atoms with E-state index in [4.69, 9.17) is 14.2 Å². The summed E-state index contributed by atoms with van der Waals surface area (Å²) in [5.74, 6) is 2.76. The van der Waals surface area contributed by atoms with Crippen molar-refractivity contribution in [1.82, 2.24) is 0 Å². The van der Waals surface area contributed by atoms with Crippen LogP contribution >= 0.6 is 0 Å². The first kappa shape index (κ1) is 15.9. The maximum atomic E-state index is 9.73. The normalized spacial score (nSPS) is 19.8. The van der Waals surface area contributed by atoms with Crippen molar-refractivity contribution in [2.75, 3.05) is 13.7 Å². The highest BCUT2D eigenvalue weighted by Gasteiger charge is 2.41. The van der Waals surface area contributed by atoms with E-state index in [0.29, 0.717) is 6.61 Å². The van der Waals surface area contributed by atoms with Crippen LogP contribution in [0, 0.1) is 0 Å². The predicted molar refractivity (Wildman–Crippen MR) is 95.8 cm³/mol. The highest BCUT2D eigenvalue weighted by atomic mass is 16.5. The minimum Gasteiger partial charge on any atom is -0.508 e. The van der Waals surface area contributed by atoms with Gasteiger partial charge in [-0.3, -0.25) is 0 Å². The quantitative estimate of drug-likeness (QED) is 0.836. The number of aromatic hydroxyl groups is 1. The standard InChI is InChI=1S/C21H22O4/c1-12(2)4-5-13-8-16-19(10-18(13)23-3)24-11-17-15-7-6-14(22)9-20(15)25-21(16)17/h4,6-10,17,21-22H,5,11H2,1-3H3/t17-,21-/m1/s1. The van der Waals surface area contributed by atoms with Crippen molar-refractivity contribution in [2.45, 2.75) is 32.3 Å². The molecule has 2 heterocycles. The summed E-state index contributed by atoms with van der Waals surface area (Å²) in [4.78, 5) is 0. The van der Waals surface area contributed by atoms with Gasteiger partial charge in [0.25, 0.3) is 0 Å². The zero-order chi connectivity index (χ0) is 17.6. The zero-order valence-corrected chi connectivity index (χ0v) is 14.7. The van der Waals surface area contributed by atoms with E-state index in [-0.39, 0.29) is 17.8 Å². The molecule has 0 unspecified atom stereocenters. The highest BCUT2D eigenvalue weighted by Crippen LogP contribution is 2.52. The van der Waals surface area contributed by atoms with Gasteiger partial charge >= 0.3 is 0 Å². The lowest BCUT2D eigenvalue weighted by molar-refractivity contribution is 0.139. The number of allylic oxidation sites excluding steroid dienone is 2. The van der Waals surface area contributed by atoms with Crippen molar-refractivity contribution in [3.63, 3.8) is 0 Å². The van der Waals surface area contributed by atoms with E-state index >= 15 is 0 Å². The Labute approximate surface area is 147 Å². The number of fused-ring (bicyclic) bond motifs is 5. The van der Waals surface area contributed by atoms with Crippen LogP contribution in [0.25, 0.3) is 0 Å². The largest absolute Gasteiger partial charge is 0.508 e. The monoisotopic (exact) mass is 338 g/mol. The number of hydrogen-bond acceptors (Lipinski definition) is 4. The molecule has 4 nitrogen and oxygen atoms in total. The molecule has 0 amide bonds. The second-order valence-corrected chi connectivity index (χ2v) is 6.87. The summed E-state index contributed by atoms with van der Waals surface area (Å²) in [7, 11) is 1.68. The van der Waals surface area contributed by atoms with E-state index < -0.39 is 0 Å². The van der Waals surface area contributed by atoms with Gasteiger partial charge < -0.3 is 19.3 Å². The fourth-order valence-corrected chi connectivity index (χ4v) is 3.59. The maximum absolute atomic E-state index is 9.73. The fraction of sp³-hybridized carbons (Fsp3) is 0.333. The summed E-state index contributed by atoms with van der Waals surface area (Å²) >= 11 is 0. The van der Waals surface area contributed by atoms with E-state index in [1.165, 1.54) is 5.57 Å². The summed E-state index contributed by atoms with van der Waals surface area (Å²) in [5.41, 5.74) is 4.53. The Hall–Kier alpha value is -2.62. The van der Waals surface area contributed by atoms with Crippen LogP contribution in [-0.2, 0) is 6.42 Å². The Balaban J connectivity index is 1.75. The minimum absolute atomic E-state index is 0.0862. The van der Waals surface area contributed by atoms with Gasteiger partial charge in [-0.15, -0.1) is 0 Å². The van der Waals surface area contributed by atoms with Crippen LogP contribution in [0.15, 0.2) is 42.0 Å². The number of benzene rings is 2. The molecule has 0 bridgehead atoms. The summed E-state index contributed by atoms with van der Waals surface area (Å²) < 4.78 is 17.7. The van der Waals surface area contributed by atoms with E-state index in [9.17, 15) is 5.11 Å². The molecule has 2 aliphatic heterocycles. The van der Waals surface area contributed by atoms with Crippen LogP contribution in [-0.4, -0.2) is 18.8 Å². The van der Waals surface area contributed by atoms with Gasteiger partial charge in [0.2, 0.25) is 0 Å². The lowest BCUT2D eigenvalue weighted by atomic mass is 9.88. The van der Waals surface area contributed by atoms with E-state index in [1.54, 1.807) is 19.2 Å². The number of ether oxygens (including phenoxy) is 3. The van der Waals surface area contributed by atoms with Gasteiger partial charge in [0, 0.05) is 23.3 Å². The van der Waals surface area contributed by atoms with Crippen LogP contribution in [0.4, 0.5) is 0 Å². The molecule has 0 radical (unpaired) electrons. The molecule has 130 valence electrons. The Bertz CT molecular complexity index is 849. The lowest BCUT2D eigenvalue weighted by Gasteiger charge is -2.29. The Morgan fingerprint density at radius 3 is 2.80 bits per heavy atom. The number of methoxy groups -OCH3 is 1. The minimum atomic E-state index is -0.0862. The lowest BCUT2D eigenvalue weighted by Crippen LogP contribution is -2.23. The number of phenols is 1. The van der Waals surface area contributed by atoms with Gasteiger partial charge in [-0.2, -0.15) is 0 Å². The average Bonchev–Trinajstić information content (AvgIpc) is 2.96. The van der Waals surface area contributed by atoms with Crippen molar-refractivity contribution in [3.8, 4) is 23.0 Å². The maximum Gasteiger partial charge on any atom is 0.138 e. The summed E-state index contributed by atoms with van der Waals surface area (Å²) in [6.07, 6.45) is 2.91. The third kappa shape index (κ3) is 2.72. The molecule has 2 atom stereocenters. The van der Waals surface area contributed by atoms with Gasteiger partial charge in [-0.05, 0) is 38.0 Å². The van der Waals surface area contributed by atoms with E-state index in [0.717, 1.165) is 40.4 Å². The molecular formula is C21H22O4. The number of rotatable bonds is 3. The molecule has 2 aliphatic rings. The van der Waals surface area contributed by atoms with Crippen LogP contribution in [0.2, 0.25) is 0 Å². The second-order valence-electron chi connectivity index (χ2n) is 6.87. The third-order valence-electron chi connectivity index (χ3n) is 4.88. The summed E-state index contributed by atoms with van der Waals surface area (Å²) in [5, 5.41) is 9.73. The van der Waals surface area contributed by atoms with Crippen molar-refractivity contribution in [3.05, 3.63) is 58.7 Å². The molecule has 0 fully saturated rings. The van der Waals surface area contributed by atoms with E-state index in [1.807, 2.05) is 12.1 Å². The molecular weight excluding hydrogens is 316 g/mol. The molecule has 2 aromatic carbocycles. The first-order valence-electron chi connectivity index (χ1n) is 8.53. The van der Waals surface area contributed by atoms with Crippen molar-refractivity contribution >= 4 is 0 Å². The van der Waals surface area contributed by atoms with E-state index in [2.05, 4.69) is 26.0 Å². The molecule has 1 N–H and O–H groups in total. The molecule has 0 saturated carbocycles. The van der Waals surface area contributed by atoms with Crippen molar-refractivity contribution < 1.29 is 19.3 Å². The van der Waals surface area contributed by atoms with Crippen LogP contribution < -0.4 is 14.2 Å². The summed E-state index contributed by atoms with van der Waals surface area (Å²) in [6.45, 7) is 4.74. The molecule has 4 heteroatoms. The van der Waals surface area contributed by atoms with Crippen LogP contribution in [0.1, 0.15) is 42.6 Å². The molecule has 0 saturated heterocycles.